The first-order valence-corrected chi connectivity index (χ1v) is 14.9. The Balaban J connectivity index is -0.0000000721. The van der Waals surface area contributed by atoms with Gasteiger partial charge in [-0.3, -0.25) is 0 Å². The summed E-state index contributed by atoms with van der Waals surface area (Å²) in [6, 6.07) is 40.3. The second kappa shape index (κ2) is 40.1. The van der Waals surface area contributed by atoms with Gasteiger partial charge in [0.25, 0.3) is 0 Å². The Morgan fingerprint density at radius 2 is 0.961 bits per heavy atom. The zero-order valence-corrected chi connectivity index (χ0v) is 31.7. The third-order valence-electron chi connectivity index (χ3n) is 5.56. The monoisotopic (exact) mass is 788 g/mol. The first kappa shape index (κ1) is 71.3. The van der Waals surface area contributed by atoms with Crippen LogP contribution < -0.4 is 59.1 Å². The summed E-state index contributed by atoms with van der Waals surface area (Å²) in [5, 5.41) is 2.84. The summed E-state index contributed by atoms with van der Waals surface area (Å²) < 4.78 is 0.887. The molecule has 2 heterocycles. The van der Waals surface area contributed by atoms with E-state index >= 15 is 0 Å². The van der Waals surface area contributed by atoms with Crippen molar-refractivity contribution in [1.29, 1.82) is 0 Å². The third kappa shape index (κ3) is 22.7. The van der Waals surface area contributed by atoms with Crippen LogP contribution in [-0.4, -0.2) is 21.5 Å². The van der Waals surface area contributed by atoms with Gasteiger partial charge in [-0.05, 0) is 29.8 Å². The summed E-state index contributed by atoms with van der Waals surface area (Å²) >= 11 is 20.5. The molecule has 6 aromatic rings. The van der Waals surface area contributed by atoms with Gasteiger partial charge in [0.15, 0.2) is 0 Å². The summed E-state index contributed by atoms with van der Waals surface area (Å²) in [4.78, 5) is 8.04. The molecule has 0 unspecified atom stereocenters. The van der Waals surface area contributed by atoms with Gasteiger partial charge in [-0.2, -0.15) is 11.5 Å². The molecule has 0 fully saturated rings. The molecular formula is C43H67ClN2Na2S3. The largest absolute Gasteiger partial charge is 1.00 e. The van der Waals surface area contributed by atoms with Gasteiger partial charge in [0.2, 0.25) is 0 Å². The van der Waals surface area contributed by atoms with E-state index in [9.17, 15) is 0 Å². The van der Waals surface area contributed by atoms with Crippen LogP contribution in [0.15, 0.2) is 121 Å². The van der Waals surface area contributed by atoms with E-state index in [1.54, 1.807) is 0 Å². The van der Waals surface area contributed by atoms with Crippen molar-refractivity contribution in [2.24, 2.45) is 0 Å². The number of hydrogen-bond acceptors (Lipinski definition) is 4. The van der Waals surface area contributed by atoms with Crippen molar-refractivity contribution < 1.29 is 59.1 Å². The number of rotatable bonds is 2. The Morgan fingerprint density at radius 3 is 1.45 bits per heavy atom. The van der Waals surface area contributed by atoms with Crippen LogP contribution in [0.1, 0.15) is 80.7 Å². The molecule has 0 radical (unpaired) electrons. The van der Waals surface area contributed by atoms with E-state index in [2.05, 4.69) is 53.4 Å². The Hall–Kier alpha value is -1.09. The Bertz CT molecular complexity index is 1680. The predicted octanol–water partition coefficient (Wildman–Crippen LogP) is 9.96. The minimum absolute atomic E-state index is 0. The van der Waals surface area contributed by atoms with Crippen molar-refractivity contribution in [2.45, 2.75) is 80.7 Å². The molecule has 0 aliphatic carbocycles. The summed E-state index contributed by atoms with van der Waals surface area (Å²) in [5.74, 6) is 1.67. The molecule has 2 aromatic heterocycles. The summed E-state index contributed by atoms with van der Waals surface area (Å²) in [6.45, 7) is 3.88. The number of nitrogens with one attached hydrogen (secondary N) is 1. The van der Waals surface area contributed by atoms with E-state index in [1.807, 2.05) is 117 Å². The normalized spacial score (nSPS) is 7.78. The zero-order chi connectivity index (χ0) is 28.7. The fourth-order valence-corrected chi connectivity index (χ4v) is 4.42. The Kier molecular flexibility index (Phi) is 56.1. The molecule has 0 aliphatic heterocycles. The molecule has 276 valence electrons. The number of aromatic nitrogens is 2. The molecular weight excluding hydrogens is 722 g/mol. The minimum atomic E-state index is 0. The van der Waals surface area contributed by atoms with Crippen molar-refractivity contribution >= 4 is 70.9 Å². The topological polar surface area (TPSA) is 28.7 Å². The average molecular weight is 790 g/mol. The van der Waals surface area contributed by atoms with Crippen LogP contribution in [0.4, 0.5) is 0 Å². The molecule has 0 amide bonds. The molecule has 2 nitrogen and oxygen atoms in total. The van der Waals surface area contributed by atoms with Crippen LogP contribution in [0.25, 0.3) is 44.3 Å². The fourth-order valence-electron chi connectivity index (χ4n) is 3.86. The molecule has 0 saturated carbocycles. The fraction of sp³-hybridized carbons (Fsp3) is 0.302. The summed E-state index contributed by atoms with van der Waals surface area (Å²) in [6.07, 6.45) is 0. The van der Waals surface area contributed by atoms with Crippen LogP contribution in [0.3, 0.4) is 0 Å². The second-order valence-electron chi connectivity index (χ2n) is 8.41. The van der Waals surface area contributed by atoms with Gasteiger partial charge in [-0.1, -0.05) is 202 Å². The van der Waals surface area contributed by atoms with Crippen molar-refractivity contribution in [3.63, 3.8) is 0 Å². The molecule has 4 aromatic carbocycles. The molecule has 8 heteroatoms. The third-order valence-corrected chi connectivity index (χ3v) is 6.21. The number of H-pyrrole nitrogens is 1. The van der Waals surface area contributed by atoms with E-state index in [1.165, 1.54) is 0 Å². The van der Waals surface area contributed by atoms with Crippen LogP contribution in [0.2, 0.25) is 5.02 Å². The molecule has 0 spiro atoms. The van der Waals surface area contributed by atoms with E-state index in [-0.39, 0.29) is 126 Å². The molecule has 0 bridgehead atoms. The average Bonchev–Trinajstić information content (AvgIpc) is 2.99. The minimum Gasteiger partial charge on any atom is -0.793 e. The van der Waals surface area contributed by atoms with Crippen LogP contribution in [0.5, 0.6) is 0 Å². The van der Waals surface area contributed by atoms with Crippen molar-refractivity contribution in [1.82, 2.24) is 9.97 Å². The number of benzene rings is 4. The SMILES string of the molecule is C.C.C.C.C.C.C.C.C.CC[S-].CC[S-].Clc1cc(-c2ccccc2)nc2ccccc12.S=c1cc(-c2ccccc2)[nH]c2ccccc12.[Na+].[Na+]. The van der Waals surface area contributed by atoms with E-state index < -0.39 is 0 Å². The zero-order valence-electron chi connectivity index (χ0n) is 24.5. The van der Waals surface area contributed by atoms with Gasteiger partial charge in [-0.15, -0.1) is 0 Å². The van der Waals surface area contributed by atoms with Gasteiger partial charge in [0.1, 0.15) is 0 Å². The molecule has 0 aliphatic rings. The van der Waals surface area contributed by atoms with Crippen molar-refractivity contribution in [3.05, 3.63) is 131 Å². The maximum atomic E-state index is 6.27. The van der Waals surface area contributed by atoms with E-state index in [4.69, 9.17) is 23.8 Å². The van der Waals surface area contributed by atoms with Crippen LogP contribution in [0, 0.1) is 4.51 Å². The maximum Gasteiger partial charge on any atom is 1.00 e. The smallest absolute Gasteiger partial charge is 0.793 e. The molecule has 1 N–H and O–H groups in total. The number of aromatic amines is 1. The van der Waals surface area contributed by atoms with Gasteiger partial charge in [0, 0.05) is 32.1 Å². The number of hydrogen-bond donors (Lipinski definition) is 1. The summed E-state index contributed by atoms with van der Waals surface area (Å²) in [7, 11) is 0. The number of nitrogens with zero attached hydrogens (tertiary/aromatic N) is 1. The number of halogens is 1. The van der Waals surface area contributed by atoms with E-state index in [0.717, 1.165) is 65.4 Å². The number of para-hydroxylation sites is 2. The van der Waals surface area contributed by atoms with E-state index in [0.29, 0.717) is 0 Å². The number of fused-ring (bicyclic) bond motifs is 2. The van der Waals surface area contributed by atoms with Gasteiger partial charge < -0.3 is 30.2 Å². The quantitative estimate of drug-likeness (QED) is 0.108. The number of pyridine rings is 2. The Morgan fingerprint density at radius 1 is 0.569 bits per heavy atom. The molecule has 0 saturated heterocycles. The van der Waals surface area contributed by atoms with Crippen molar-refractivity contribution in [2.75, 3.05) is 11.5 Å². The van der Waals surface area contributed by atoms with Gasteiger partial charge >= 0.3 is 59.1 Å². The van der Waals surface area contributed by atoms with Crippen molar-refractivity contribution in [3.8, 4) is 22.5 Å². The molecule has 6 rings (SSSR count). The molecule has 0 atom stereocenters. The van der Waals surface area contributed by atoms with Gasteiger partial charge in [0.05, 0.1) is 16.2 Å². The van der Waals surface area contributed by atoms with Gasteiger partial charge in [-0.25, -0.2) is 4.98 Å². The second-order valence-corrected chi connectivity index (χ2v) is 10.4. The first-order valence-electron chi connectivity index (χ1n) is 13.0. The maximum absolute atomic E-state index is 6.27. The van der Waals surface area contributed by atoms with Crippen LogP contribution in [-0.2, 0) is 25.3 Å². The standard InChI is InChI=1S/C15H10ClN.C15H11NS.2C2H6S.9CH4.2Na/c16-13-10-15(11-6-2-1-3-7-11)17-14-9-5-4-8-12(13)14;17-15-10-14(11-6-2-1-3-7-11)16-13-9-5-4-8-12(13)15;2*1-2-3;;;;;;;;;;;/h1-10H;1-10H,(H,16,17);2*3H,2H2,1H3;9*1H4;;/q;;;;;;;;;;;;;2*+1/p-2. The summed E-state index contributed by atoms with van der Waals surface area (Å²) in [5.41, 5.74) is 6.23. The Labute approximate surface area is 381 Å². The van der Waals surface area contributed by atoms with Crippen LogP contribution >= 0.6 is 23.8 Å². The molecule has 51 heavy (non-hydrogen) atoms. The first-order chi connectivity index (χ1) is 19.5. The predicted molar refractivity (Wildman–Crippen MR) is 243 cm³/mol.